The Morgan fingerprint density at radius 1 is 1.15 bits per heavy atom. The van der Waals surface area contributed by atoms with Gasteiger partial charge in [0.05, 0.1) is 0 Å². The summed E-state index contributed by atoms with van der Waals surface area (Å²) >= 11 is 0. The van der Waals surface area contributed by atoms with Crippen LogP contribution in [0.3, 0.4) is 0 Å². The summed E-state index contributed by atoms with van der Waals surface area (Å²) in [6.07, 6.45) is 2.49. The van der Waals surface area contributed by atoms with Crippen LogP contribution in [0.15, 0.2) is 0 Å². The van der Waals surface area contributed by atoms with E-state index in [1.165, 1.54) is 7.11 Å². The zero-order valence-electron chi connectivity index (χ0n) is 16.2. The van der Waals surface area contributed by atoms with Crippen molar-refractivity contribution in [3.63, 3.8) is 0 Å². The number of likely N-dealkylation sites (N-methyl/N-ethyl adjacent to an activating group) is 2. The van der Waals surface area contributed by atoms with E-state index in [0.717, 1.165) is 39.0 Å². The Bertz CT molecular complexity index is 505. The smallest absolute Gasteiger partial charge is 0.246 e. The molecule has 0 spiro atoms. The summed E-state index contributed by atoms with van der Waals surface area (Å²) in [6.45, 7) is 3.68. The Labute approximate surface area is 155 Å². The van der Waals surface area contributed by atoms with Gasteiger partial charge in [0.15, 0.2) is 0 Å². The average molecular weight is 368 g/mol. The Morgan fingerprint density at radius 2 is 1.85 bits per heavy atom. The predicted octanol–water partition coefficient (Wildman–Crippen LogP) is -0.460. The highest BCUT2D eigenvalue weighted by molar-refractivity contribution is 5.86. The number of hydrogen-bond acceptors (Lipinski definition) is 5. The normalized spacial score (nSPS) is 26.0. The van der Waals surface area contributed by atoms with Gasteiger partial charge in [-0.3, -0.25) is 14.4 Å². The number of ether oxygens (including phenoxy) is 1. The molecule has 3 amide bonds. The molecule has 8 heteroatoms. The predicted molar refractivity (Wildman–Crippen MR) is 97.5 cm³/mol. The molecule has 8 nitrogen and oxygen atoms in total. The molecule has 2 fully saturated rings. The molecule has 2 rings (SSSR count). The van der Waals surface area contributed by atoms with Crippen LogP contribution in [0.5, 0.6) is 0 Å². The van der Waals surface area contributed by atoms with Crippen LogP contribution in [0.4, 0.5) is 0 Å². The van der Waals surface area contributed by atoms with Crippen molar-refractivity contribution in [1.29, 1.82) is 0 Å². The van der Waals surface area contributed by atoms with Crippen molar-refractivity contribution < 1.29 is 19.1 Å². The molecule has 0 aliphatic carbocycles. The number of carbonyl (C=O) groups is 3. The van der Waals surface area contributed by atoms with E-state index in [0.29, 0.717) is 13.0 Å². The van der Waals surface area contributed by atoms with Crippen LogP contribution in [0.2, 0.25) is 0 Å². The average Bonchev–Trinajstić information content (AvgIpc) is 2.66. The molecule has 0 aromatic rings. The van der Waals surface area contributed by atoms with E-state index in [2.05, 4.69) is 17.3 Å². The van der Waals surface area contributed by atoms with E-state index in [1.54, 1.807) is 11.9 Å². The fourth-order valence-electron chi connectivity index (χ4n) is 3.62. The Kier molecular flexibility index (Phi) is 7.84. The molecule has 148 valence electrons. The molecule has 26 heavy (non-hydrogen) atoms. The van der Waals surface area contributed by atoms with Crippen LogP contribution in [0, 0.1) is 5.92 Å². The van der Waals surface area contributed by atoms with Crippen molar-refractivity contribution in [2.75, 3.05) is 60.5 Å². The molecule has 2 saturated heterocycles. The fraction of sp³-hybridized carbons (Fsp3) is 0.833. The highest BCUT2D eigenvalue weighted by Crippen LogP contribution is 2.21. The van der Waals surface area contributed by atoms with Gasteiger partial charge in [-0.2, -0.15) is 0 Å². The van der Waals surface area contributed by atoms with E-state index < -0.39 is 0 Å². The van der Waals surface area contributed by atoms with E-state index in [4.69, 9.17) is 4.74 Å². The minimum atomic E-state index is -0.262. The van der Waals surface area contributed by atoms with Crippen LogP contribution in [0.1, 0.15) is 25.7 Å². The lowest BCUT2D eigenvalue weighted by atomic mass is 9.95. The highest BCUT2D eigenvalue weighted by atomic mass is 16.5. The first-order valence-corrected chi connectivity index (χ1v) is 9.40. The lowest BCUT2D eigenvalue weighted by Crippen LogP contribution is -2.49. The quantitative estimate of drug-likeness (QED) is 0.726. The molecule has 2 atom stereocenters. The van der Waals surface area contributed by atoms with Gasteiger partial charge in [-0.1, -0.05) is 6.42 Å². The summed E-state index contributed by atoms with van der Waals surface area (Å²) in [5.74, 6) is -0.378. The first-order chi connectivity index (χ1) is 12.4. The molecule has 1 N–H and O–H groups in total. The summed E-state index contributed by atoms with van der Waals surface area (Å²) in [5, 5.41) is 2.92. The maximum Gasteiger partial charge on any atom is 0.246 e. The summed E-state index contributed by atoms with van der Waals surface area (Å²) in [7, 11) is 5.27. The lowest BCUT2D eigenvalue weighted by molar-refractivity contribution is -0.142. The van der Waals surface area contributed by atoms with E-state index in [9.17, 15) is 14.4 Å². The van der Waals surface area contributed by atoms with Crippen LogP contribution >= 0.6 is 0 Å². The Balaban J connectivity index is 1.96. The van der Waals surface area contributed by atoms with E-state index in [-0.39, 0.29) is 42.7 Å². The van der Waals surface area contributed by atoms with Crippen molar-refractivity contribution in [3.05, 3.63) is 0 Å². The monoisotopic (exact) mass is 368 g/mol. The summed E-state index contributed by atoms with van der Waals surface area (Å²) < 4.78 is 4.85. The van der Waals surface area contributed by atoms with Crippen LogP contribution in [-0.4, -0.2) is 99.0 Å². The van der Waals surface area contributed by atoms with Crippen LogP contribution < -0.4 is 5.32 Å². The second-order valence-corrected chi connectivity index (χ2v) is 7.43. The number of carbonyl (C=O) groups excluding carboxylic acids is 3. The van der Waals surface area contributed by atoms with Gasteiger partial charge in [-0.25, -0.2) is 0 Å². The van der Waals surface area contributed by atoms with Crippen molar-refractivity contribution in [3.8, 4) is 0 Å². The molecule has 2 unspecified atom stereocenters. The molecule has 0 saturated carbocycles. The molecule has 2 aliphatic rings. The van der Waals surface area contributed by atoms with Gasteiger partial charge in [-0.15, -0.1) is 0 Å². The topological polar surface area (TPSA) is 82.2 Å². The molecule has 0 aromatic carbocycles. The summed E-state index contributed by atoms with van der Waals surface area (Å²) in [4.78, 5) is 42.9. The van der Waals surface area contributed by atoms with Crippen LogP contribution in [0.25, 0.3) is 0 Å². The zero-order chi connectivity index (χ0) is 19.1. The van der Waals surface area contributed by atoms with Crippen molar-refractivity contribution in [2.24, 2.45) is 5.92 Å². The number of nitrogens with one attached hydrogen (secondary N) is 1. The van der Waals surface area contributed by atoms with Crippen molar-refractivity contribution >= 4 is 17.7 Å². The number of piperazine rings is 1. The van der Waals surface area contributed by atoms with Gasteiger partial charge >= 0.3 is 0 Å². The maximum atomic E-state index is 12.9. The molecule has 0 radical (unpaired) electrons. The van der Waals surface area contributed by atoms with Gasteiger partial charge < -0.3 is 24.8 Å². The van der Waals surface area contributed by atoms with Gasteiger partial charge in [-0.05, 0) is 19.9 Å². The number of nitrogens with zero attached hydrogens (tertiary/aromatic N) is 3. The second-order valence-electron chi connectivity index (χ2n) is 7.43. The standard InChI is InChI=1S/C18H32N4O4/c1-20-7-9-22(10-8-20)18(25)14-5-4-6-15(19-16(23)13-26-3)12-21(2)17(24)11-14/h14-15H,4-13H2,1-3H3,(H,19,23). The third kappa shape index (κ3) is 5.95. The number of methoxy groups -OCH3 is 1. The molecular formula is C18H32N4O4. The number of hydrogen-bond donors (Lipinski definition) is 1. The SMILES string of the molecule is COCC(=O)NC1CCCC(C(=O)N2CCN(C)CC2)CC(=O)N(C)C1. The van der Waals surface area contributed by atoms with Gasteiger partial charge in [0.1, 0.15) is 6.61 Å². The highest BCUT2D eigenvalue weighted by Gasteiger charge is 2.31. The number of rotatable bonds is 4. The third-order valence-electron chi connectivity index (χ3n) is 5.25. The van der Waals surface area contributed by atoms with Crippen molar-refractivity contribution in [1.82, 2.24) is 20.0 Å². The van der Waals surface area contributed by atoms with Gasteiger partial charge in [0.2, 0.25) is 17.7 Å². The maximum absolute atomic E-state index is 12.9. The molecule has 0 bridgehead atoms. The van der Waals surface area contributed by atoms with E-state index >= 15 is 0 Å². The molecule has 0 aromatic heterocycles. The first-order valence-electron chi connectivity index (χ1n) is 9.40. The lowest BCUT2D eigenvalue weighted by Gasteiger charge is -2.34. The Hall–Kier alpha value is -1.67. The minimum Gasteiger partial charge on any atom is -0.375 e. The van der Waals surface area contributed by atoms with Crippen molar-refractivity contribution in [2.45, 2.75) is 31.7 Å². The second kappa shape index (κ2) is 9.87. The van der Waals surface area contributed by atoms with Crippen LogP contribution in [-0.2, 0) is 19.1 Å². The van der Waals surface area contributed by atoms with Gasteiger partial charge in [0, 0.05) is 65.3 Å². The summed E-state index contributed by atoms with van der Waals surface area (Å²) in [5.41, 5.74) is 0. The minimum absolute atomic E-state index is 0.0126. The van der Waals surface area contributed by atoms with E-state index in [1.807, 2.05) is 4.90 Å². The zero-order valence-corrected chi connectivity index (χ0v) is 16.2. The molecular weight excluding hydrogens is 336 g/mol. The first kappa shape index (κ1) is 20.6. The molecule has 2 heterocycles. The summed E-state index contributed by atoms with van der Waals surface area (Å²) in [6, 6.07) is -0.107. The fourth-order valence-corrected chi connectivity index (χ4v) is 3.62. The number of amides is 3. The third-order valence-corrected chi connectivity index (χ3v) is 5.25. The Morgan fingerprint density at radius 3 is 2.50 bits per heavy atom. The largest absolute Gasteiger partial charge is 0.375 e. The molecule has 2 aliphatic heterocycles. The van der Waals surface area contributed by atoms with Gasteiger partial charge in [0.25, 0.3) is 0 Å².